The van der Waals surface area contributed by atoms with Gasteiger partial charge < -0.3 is 20.9 Å². The van der Waals surface area contributed by atoms with Crippen LogP contribution in [-0.4, -0.2) is 48.0 Å². The van der Waals surface area contributed by atoms with Gasteiger partial charge in [0.05, 0.1) is 5.69 Å². The second-order valence-corrected chi connectivity index (χ2v) is 7.51. The smallest absolute Gasteiger partial charge is 0.251 e. The second-order valence-electron chi connectivity index (χ2n) is 7.51. The van der Waals surface area contributed by atoms with E-state index in [4.69, 9.17) is 0 Å². The minimum atomic E-state index is -0.108. The van der Waals surface area contributed by atoms with Crippen molar-refractivity contribution in [1.29, 1.82) is 0 Å². The van der Waals surface area contributed by atoms with Gasteiger partial charge in [0.15, 0.2) is 0 Å². The van der Waals surface area contributed by atoms with Gasteiger partial charge in [-0.25, -0.2) is 9.97 Å². The molecule has 0 saturated carbocycles. The Morgan fingerprint density at radius 3 is 2.55 bits per heavy atom. The van der Waals surface area contributed by atoms with Crippen molar-refractivity contribution in [3.63, 3.8) is 0 Å². The summed E-state index contributed by atoms with van der Waals surface area (Å²) in [5.41, 5.74) is 4.97. The number of hydrogen-bond donors (Lipinski definition) is 3. The lowest BCUT2D eigenvalue weighted by molar-refractivity contribution is 0.0951. The van der Waals surface area contributed by atoms with E-state index in [0.29, 0.717) is 18.1 Å². The second kappa shape index (κ2) is 10.4. The molecule has 0 bridgehead atoms. The number of anilines is 3. The molecule has 0 saturated heterocycles. The molecule has 1 heterocycles. The molecule has 1 aromatic heterocycles. The molecule has 2 aromatic carbocycles. The summed E-state index contributed by atoms with van der Waals surface area (Å²) in [5, 5.41) is 9.29. The van der Waals surface area contributed by atoms with Gasteiger partial charge in [-0.2, -0.15) is 0 Å². The van der Waals surface area contributed by atoms with Gasteiger partial charge in [-0.05, 0) is 57.4 Å². The van der Waals surface area contributed by atoms with Gasteiger partial charge in [0, 0.05) is 47.5 Å². The molecule has 0 aliphatic rings. The number of carbonyl (C=O) groups is 1. The molecule has 0 aliphatic carbocycles. The van der Waals surface area contributed by atoms with Crippen LogP contribution < -0.4 is 16.0 Å². The number of hydrogen-bond acceptors (Lipinski definition) is 6. The minimum Gasteiger partial charge on any atom is -0.360 e. The molecule has 3 rings (SSSR count). The van der Waals surface area contributed by atoms with Crippen LogP contribution in [0.4, 0.5) is 17.3 Å². The Morgan fingerprint density at radius 2 is 1.84 bits per heavy atom. The Kier molecular flexibility index (Phi) is 7.35. The highest BCUT2D eigenvalue weighted by molar-refractivity contribution is 5.95. The average Bonchev–Trinajstić information content (AvgIpc) is 2.74. The third-order valence-electron chi connectivity index (χ3n) is 4.42. The summed E-state index contributed by atoms with van der Waals surface area (Å²) >= 11 is 0. The van der Waals surface area contributed by atoms with Gasteiger partial charge >= 0.3 is 0 Å². The lowest BCUT2D eigenvalue weighted by Crippen LogP contribution is -2.31. The highest BCUT2D eigenvalue weighted by atomic mass is 16.1. The standard InChI is InChI=1S/C24H28N6O/c1-17(2)27-20-10-8-18(9-11-20)22-12-13-26-24(29-22)28-21-7-5-6-19(16-21)23(31)25-14-15-30(3)4/h5-13,16,27H,1,14-15H2,2-4H3,(H,25,31)(H,26,28,29). The van der Waals surface area contributed by atoms with Crippen molar-refractivity contribution in [2.45, 2.75) is 6.92 Å². The highest BCUT2D eigenvalue weighted by Crippen LogP contribution is 2.22. The number of aromatic nitrogens is 2. The van der Waals surface area contributed by atoms with Crippen molar-refractivity contribution in [1.82, 2.24) is 20.2 Å². The summed E-state index contributed by atoms with van der Waals surface area (Å²) in [4.78, 5) is 23.3. The normalized spacial score (nSPS) is 10.6. The number of nitrogens with one attached hydrogen (secondary N) is 3. The van der Waals surface area contributed by atoms with E-state index in [9.17, 15) is 4.79 Å². The molecule has 0 atom stereocenters. The maximum Gasteiger partial charge on any atom is 0.251 e. The maximum absolute atomic E-state index is 12.4. The van der Waals surface area contributed by atoms with Crippen LogP contribution >= 0.6 is 0 Å². The summed E-state index contributed by atoms with van der Waals surface area (Å²) in [5.74, 6) is 0.357. The lowest BCUT2D eigenvalue weighted by Gasteiger charge is -2.11. The molecule has 0 radical (unpaired) electrons. The zero-order chi connectivity index (χ0) is 22.2. The van der Waals surface area contributed by atoms with E-state index in [1.54, 1.807) is 18.3 Å². The summed E-state index contributed by atoms with van der Waals surface area (Å²) in [6.07, 6.45) is 1.71. The first-order chi connectivity index (χ1) is 14.9. The molecule has 31 heavy (non-hydrogen) atoms. The Balaban J connectivity index is 1.69. The molecule has 3 N–H and O–H groups in total. The van der Waals surface area contributed by atoms with E-state index >= 15 is 0 Å². The number of amides is 1. The molecule has 1 amide bonds. The average molecular weight is 417 g/mol. The van der Waals surface area contributed by atoms with Crippen LogP contribution in [0.15, 0.2) is 73.1 Å². The SMILES string of the molecule is C=C(C)Nc1ccc(-c2ccnc(Nc3cccc(C(=O)NCCN(C)C)c3)n2)cc1. The zero-order valence-electron chi connectivity index (χ0n) is 18.1. The van der Waals surface area contributed by atoms with Crippen LogP contribution in [0.3, 0.4) is 0 Å². The van der Waals surface area contributed by atoms with Crippen LogP contribution in [-0.2, 0) is 0 Å². The summed E-state index contributed by atoms with van der Waals surface area (Å²) < 4.78 is 0. The summed E-state index contributed by atoms with van der Waals surface area (Å²) in [7, 11) is 3.94. The minimum absolute atomic E-state index is 0.108. The van der Waals surface area contributed by atoms with E-state index in [0.717, 1.165) is 34.9 Å². The van der Waals surface area contributed by atoms with Gasteiger partial charge in [-0.1, -0.05) is 24.8 Å². The van der Waals surface area contributed by atoms with E-state index < -0.39 is 0 Å². The predicted molar refractivity (Wildman–Crippen MR) is 127 cm³/mol. The number of allylic oxidation sites excluding steroid dienone is 1. The summed E-state index contributed by atoms with van der Waals surface area (Å²) in [6.45, 7) is 7.15. The van der Waals surface area contributed by atoms with Gasteiger partial charge in [0.2, 0.25) is 5.95 Å². The number of rotatable bonds is 9. The molecule has 7 nitrogen and oxygen atoms in total. The quantitative estimate of drug-likeness (QED) is 0.487. The predicted octanol–water partition coefficient (Wildman–Crippen LogP) is 4.12. The van der Waals surface area contributed by atoms with Crippen molar-refractivity contribution in [3.8, 4) is 11.3 Å². The van der Waals surface area contributed by atoms with E-state index in [1.165, 1.54) is 0 Å². The Labute approximate surface area is 183 Å². The van der Waals surface area contributed by atoms with Gasteiger partial charge in [-0.15, -0.1) is 0 Å². The molecule has 160 valence electrons. The topological polar surface area (TPSA) is 82.2 Å². The van der Waals surface area contributed by atoms with Crippen molar-refractivity contribution in [3.05, 3.63) is 78.6 Å². The van der Waals surface area contributed by atoms with Gasteiger partial charge in [0.25, 0.3) is 5.91 Å². The van der Waals surface area contributed by atoms with Crippen LogP contribution in [0.25, 0.3) is 11.3 Å². The molecule has 7 heteroatoms. The molecular weight excluding hydrogens is 388 g/mol. The fraction of sp³-hybridized carbons (Fsp3) is 0.208. The van der Waals surface area contributed by atoms with Crippen LogP contribution in [0.1, 0.15) is 17.3 Å². The van der Waals surface area contributed by atoms with Crippen molar-refractivity contribution >= 4 is 23.2 Å². The van der Waals surface area contributed by atoms with Crippen molar-refractivity contribution in [2.75, 3.05) is 37.8 Å². The fourth-order valence-electron chi connectivity index (χ4n) is 2.91. The Bertz CT molecular complexity index is 1050. The van der Waals surface area contributed by atoms with Gasteiger partial charge in [0.1, 0.15) is 0 Å². The first-order valence-electron chi connectivity index (χ1n) is 10.1. The van der Waals surface area contributed by atoms with Gasteiger partial charge in [-0.3, -0.25) is 4.79 Å². The number of likely N-dealkylation sites (N-methyl/N-ethyl adjacent to an activating group) is 1. The van der Waals surface area contributed by atoms with E-state index in [-0.39, 0.29) is 5.91 Å². The lowest BCUT2D eigenvalue weighted by atomic mass is 10.1. The van der Waals surface area contributed by atoms with E-state index in [1.807, 2.05) is 68.4 Å². The largest absolute Gasteiger partial charge is 0.360 e. The molecule has 0 unspecified atom stereocenters. The fourth-order valence-corrected chi connectivity index (χ4v) is 2.91. The molecule has 0 aliphatic heterocycles. The zero-order valence-corrected chi connectivity index (χ0v) is 18.1. The number of carbonyl (C=O) groups excluding carboxylic acids is 1. The third kappa shape index (κ3) is 6.65. The first-order valence-corrected chi connectivity index (χ1v) is 10.1. The molecule has 0 spiro atoms. The Hall–Kier alpha value is -3.71. The Morgan fingerprint density at radius 1 is 1.06 bits per heavy atom. The van der Waals surface area contributed by atoms with E-state index in [2.05, 4.69) is 32.5 Å². The first kappa shape index (κ1) is 22.0. The molecule has 3 aromatic rings. The van der Waals surface area contributed by atoms with Crippen LogP contribution in [0.2, 0.25) is 0 Å². The maximum atomic E-state index is 12.4. The molecule has 0 fully saturated rings. The number of nitrogens with zero attached hydrogens (tertiary/aromatic N) is 3. The molecular formula is C24H28N6O. The third-order valence-corrected chi connectivity index (χ3v) is 4.42. The highest BCUT2D eigenvalue weighted by Gasteiger charge is 2.08. The van der Waals surface area contributed by atoms with Crippen molar-refractivity contribution in [2.24, 2.45) is 0 Å². The van der Waals surface area contributed by atoms with Crippen LogP contribution in [0.5, 0.6) is 0 Å². The number of benzene rings is 2. The van der Waals surface area contributed by atoms with Crippen LogP contribution in [0, 0.1) is 0 Å². The summed E-state index contributed by atoms with van der Waals surface area (Å²) in [6, 6.07) is 17.1. The monoisotopic (exact) mass is 416 g/mol. The van der Waals surface area contributed by atoms with Crippen molar-refractivity contribution < 1.29 is 4.79 Å².